The lowest BCUT2D eigenvalue weighted by Crippen LogP contribution is -2.37. The molecule has 1 aromatic carbocycles. The third-order valence-electron chi connectivity index (χ3n) is 4.76. The van der Waals surface area contributed by atoms with Crippen LogP contribution in [0.2, 0.25) is 0 Å². The fourth-order valence-corrected chi connectivity index (χ4v) is 3.40. The Balaban J connectivity index is 0.00000338. The number of amides is 1. The lowest BCUT2D eigenvalue weighted by Gasteiger charge is -2.27. The van der Waals surface area contributed by atoms with Gasteiger partial charge in [-0.15, -0.1) is 12.4 Å². The van der Waals surface area contributed by atoms with E-state index in [0.717, 1.165) is 36.3 Å². The Bertz CT molecular complexity index is 554. The van der Waals surface area contributed by atoms with Crippen molar-refractivity contribution >= 4 is 18.3 Å². The van der Waals surface area contributed by atoms with E-state index in [4.69, 9.17) is 15.2 Å². The molecule has 2 rings (SSSR count). The van der Waals surface area contributed by atoms with E-state index in [1.54, 1.807) is 0 Å². The van der Waals surface area contributed by atoms with Gasteiger partial charge >= 0.3 is 0 Å². The van der Waals surface area contributed by atoms with Gasteiger partial charge in [-0.1, -0.05) is 18.9 Å². The summed E-state index contributed by atoms with van der Waals surface area (Å²) in [5, 5.41) is 3.02. The summed E-state index contributed by atoms with van der Waals surface area (Å²) in [4.78, 5) is 12.1. The fraction of sp³-hybridized carbons (Fsp3) is 0.650. The highest BCUT2D eigenvalue weighted by Crippen LogP contribution is 2.29. The van der Waals surface area contributed by atoms with Crippen molar-refractivity contribution in [1.82, 2.24) is 5.32 Å². The quantitative estimate of drug-likeness (QED) is 0.683. The van der Waals surface area contributed by atoms with Crippen LogP contribution in [-0.2, 0) is 11.2 Å². The number of carbonyl (C=O) groups is 1. The largest absolute Gasteiger partial charge is 0.490 e. The van der Waals surface area contributed by atoms with E-state index < -0.39 is 0 Å². The Morgan fingerprint density at radius 1 is 1.15 bits per heavy atom. The van der Waals surface area contributed by atoms with Crippen molar-refractivity contribution in [3.05, 3.63) is 23.8 Å². The second-order valence-electron chi connectivity index (χ2n) is 6.66. The maximum absolute atomic E-state index is 12.1. The van der Waals surface area contributed by atoms with Gasteiger partial charge in [-0.3, -0.25) is 4.79 Å². The summed E-state index contributed by atoms with van der Waals surface area (Å²) >= 11 is 0. The zero-order valence-corrected chi connectivity index (χ0v) is 16.8. The molecular weight excluding hydrogens is 352 g/mol. The van der Waals surface area contributed by atoms with Gasteiger partial charge in [-0.25, -0.2) is 0 Å². The molecule has 0 spiro atoms. The number of benzene rings is 1. The van der Waals surface area contributed by atoms with Crippen LogP contribution in [0, 0.1) is 5.92 Å². The zero-order valence-electron chi connectivity index (χ0n) is 16.0. The lowest BCUT2D eigenvalue weighted by atomic mass is 9.83. The zero-order chi connectivity index (χ0) is 18.1. The first-order valence-electron chi connectivity index (χ1n) is 9.54. The Hall–Kier alpha value is -1.46. The van der Waals surface area contributed by atoms with E-state index in [-0.39, 0.29) is 24.4 Å². The average Bonchev–Trinajstić information content (AvgIpc) is 2.59. The van der Waals surface area contributed by atoms with Gasteiger partial charge in [-0.2, -0.15) is 0 Å². The molecule has 0 aromatic heterocycles. The first kappa shape index (κ1) is 22.6. The highest BCUT2D eigenvalue weighted by molar-refractivity contribution is 5.85. The van der Waals surface area contributed by atoms with E-state index in [1.165, 1.54) is 12.8 Å². The summed E-state index contributed by atoms with van der Waals surface area (Å²) < 4.78 is 11.2. The summed E-state index contributed by atoms with van der Waals surface area (Å²) in [5.41, 5.74) is 7.25. The predicted molar refractivity (Wildman–Crippen MR) is 107 cm³/mol. The normalized spacial score (nSPS) is 19.3. The van der Waals surface area contributed by atoms with Crippen molar-refractivity contribution in [2.24, 2.45) is 11.7 Å². The van der Waals surface area contributed by atoms with Crippen LogP contribution in [-0.4, -0.2) is 31.7 Å². The molecule has 0 aliphatic heterocycles. The van der Waals surface area contributed by atoms with Crippen LogP contribution >= 0.6 is 12.4 Å². The molecular formula is C20H33ClN2O3. The molecule has 3 N–H and O–H groups in total. The van der Waals surface area contributed by atoms with E-state index in [1.807, 2.05) is 32.0 Å². The minimum Gasteiger partial charge on any atom is -0.490 e. The van der Waals surface area contributed by atoms with Crippen LogP contribution in [0.4, 0.5) is 0 Å². The average molecular weight is 385 g/mol. The Morgan fingerprint density at radius 3 is 2.54 bits per heavy atom. The topological polar surface area (TPSA) is 73.6 Å². The molecule has 2 unspecified atom stereocenters. The van der Waals surface area contributed by atoms with Gasteiger partial charge in [0, 0.05) is 19.0 Å². The number of rotatable bonds is 9. The Labute approximate surface area is 163 Å². The number of carbonyl (C=O) groups excluding carboxylic acids is 1. The van der Waals surface area contributed by atoms with Crippen molar-refractivity contribution in [3.8, 4) is 11.5 Å². The van der Waals surface area contributed by atoms with Crippen LogP contribution in [0.1, 0.15) is 51.5 Å². The molecule has 0 radical (unpaired) electrons. The van der Waals surface area contributed by atoms with Gasteiger partial charge in [0.2, 0.25) is 5.91 Å². The predicted octanol–water partition coefficient (Wildman–Crippen LogP) is 3.47. The second kappa shape index (κ2) is 12.0. The van der Waals surface area contributed by atoms with Gasteiger partial charge < -0.3 is 20.5 Å². The van der Waals surface area contributed by atoms with Crippen molar-refractivity contribution in [2.45, 2.75) is 58.4 Å². The first-order valence-corrected chi connectivity index (χ1v) is 9.54. The van der Waals surface area contributed by atoms with Crippen LogP contribution in [0.25, 0.3) is 0 Å². The molecule has 26 heavy (non-hydrogen) atoms. The third-order valence-corrected chi connectivity index (χ3v) is 4.76. The van der Waals surface area contributed by atoms with Crippen LogP contribution in [0.15, 0.2) is 18.2 Å². The van der Waals surface area contributed by atoms with E-state index in [0.29, 0.717) is 32.1 Å². The third kappa shape index (κ3) is 7.04. The smallest absolute Gasteiger partial charge is 0.220 e. The molecule has 1 saturated carbocycles. The standard InChI is InChI=1S/C20H32N2O3.ClH/c1-3-24-18-10-9-15(13-19(18)25-4-2)11-12-22-20(23)14-16-7-5-6-8-17(16)21;/h9-10,13,16-17H,3-8,11-12,14,21H2,1-2H3,(H,22,23);1H. The second-order valence-corrected chi connectivity index (χ2v) is 6.66. The number of halogens is 1. The molecule has 2 atom stereocenters. The Kier molecular flexibility index (Phi) is 10.4. The maximum Gasteiger partial charge on any atom is 0.220 e. The number of hydrogen-bond donors (Lipinski definition) is 2. The molecule has 1 aliphatic rings. The van der Waals surface area contributed by atoms with Crippen LogP contribution in [0.3, 0.4) is 0 Å². The Morgan fingerprint density at radius 2 is 1.85 bits per heavy atom. The van der Waals surface area contributed by atoms with Gasteiger partial charge in [0.25, 0.3) is 0 Å². The summed E-state index contributed by atoms with van der Waals surface area (Å²) in [6, 6.07) is 6.14. The van der Waals surface area contributed by atoms with Crippen molar-refractivity contribution in [1.29, 1.82) is 0 Å². The molecule has 6 heteroatoms. The molecule has 0 saturated heterocycles. The van der Waals surface area contributed by atoms with Crippen molar-refractivity contribution in [2.75, 3.05) is 19.8 Å². The molecule has 1 aliphatic carbocycles. The highest BCUT2D eigenvalue weighted by atomic mass is 35.5. The number of nitrogens with one attached hydrogen (secondary N) is 1. The van der Waals surface area contributed by atoms with Gasteiger partial charge in [-0.05, 0) is 56.7 Å². The lowest BCUT2D eigenvalue weighted by molar-refractivity contribution is -0.122. The molecule has 1 amide bonds. The SMILES string of the molecule is CCOc1ccc(CCNC(=O)CC2CCCCC2N)cc1OCC.Cl. The van der Waals surface area contributed by atoms with Crippen molar-refractivity contribution in [3.63, 3.8) is 0 Å². The summed E-state index contributed by atoms with van der Waals surface area (Å²) in [7, 11) is 0. The number of nitrogens with two attached hydrogens (primary N) is 1. The van der Waals surface area contributed by atoms with Crippen molar-refractivity contribution < 1.29 is 14.3 Å². The molecule has 5 nitrogen and oxygen atoms in total. The van der Waals surface area contributed by atoms with Gasteiger partial charge in [0.1, 0.15) is 0 Å². The highest BCUT2D eigenvalue weighted by Gasteiger charge is 2.23. The first-order chi connectivity index (χ1) is 12.1. The monoisotopic (exact) mass is 384 g/mol. The van der Waals surface area contributed by atoms with Crippen LogP contribution < -0.4 is 20.5 Å². The minimum absolute atomic E-state index is 0. The minimum atomic E-state index is 0. The van der Waals surface area contributed by atoms with Crippen LogP contribution in [0.5, 0.6) is 11.5 Å². The number of hydrogen-bond acceptors (Lipinski definition) is 4. The number of ether oxygens (including phenoxy) is 2. The maximum atomic E-state index is 12.1. The molecule has 0 heterocycles. The molecule has 1 aromatic rings. The van der Waals surface area contributed by atoms with Gasteiger partial charge in [0.15, 0.2) is 11.5 Å². The molecule has 148 valence electrons. The summed E-state index contributed by atoms with van der Waals surface area (Å²) in [6.07, 6.45) is 5.83. The molecule has 0 bridgehead atoms. The summed E-state index contributed by atoms with van der Waals surface area (Å²) in [5.74, 6) is 1.98. The fourth-order valence-electron chi connectivity index (χ4n) is 3.40. The van der Waals surface area contributed by atoms with Gasteiger partial charge in [0.05, 0.1) is 13.2 Å². The van der Waals surface area contributed by atoms with E-state index in [9.17, 15) is 4.79 Å². The molecule has 1 fully saturated rings. The summed E-state index contributed by atoms with van der Waals surface area (Å²) in [6.45, 7) is 5.75. The van der Waals surface area contributed by atoms with E-state index in [2.05, 4.69) is 5.32 Å². The van der Waals surface area contributed by atoms with E-state index >= 15 is 0 Å².